The molecule has 4 N–H and O–H groups in total. The number of hydrogen-bond donors (Lipinski definition) is 2. The minimum absolute atomic E-state index is 0.0385. The lowest BCUT2D eigenvalue weighted by Gasteiger charge is -2.23. The number of hydrogen-bond acceptors (Lipinski definition) is 2. The molecular formula is C14H24NO2+. The summed E-state index contributed by atoms with van der Waals surface area (Å²) < 4.78 is 5.68. The second kappa shape index (κ2) is 5.52. The molecule has 0 bridgehead atoms. The van der Waals surface area contributed by atoms with Gasteiger partial charge in [-0.05, 0) is 24.0 Å². The van der Waals surface area contributed by atoms with Gasteiger partial charge in [-0.1, -0.05) is 38.5 Å². The van der Waals surface area contributed by atoms with E-state index in [-0.39, 0.29) is 5.41 Å². The van der Waals surface area contributed by atoms with Gasteiger partial charge in [0.2, 0.25) is 0 Å². The van der Waals surface area contributed by atoms with Crippen LogP contribution < -0.4 is 10.5 Å². The molecule has 0 amide bonds. The van der Waals surface area contributed by atoms with Crippen LogP contribution in [0.1, 0.15) is 31.9 Å². The van der Waals surface area contributed by atoms with Gasteiger partial charge in [0.15, 0.2) is 0 Å². The molecule has 0 unspecified atom stereocenters. The van der Waals surface area contributed by atoms with Gasteiger partial charge in [0.05, 0.1) is 0 Å². The zero-order chi connectivity index (χ0) is 13.1. The fourth-order valence-electron chi connectivity index (χ4n) is 1.63. The number of aliphatic hydroxyl groups excluding tert-OH is 1. The van der Waals surface area contributed by atoms with Crippen LogP contribution in [0, 0.1) is 6.92 Å². The summed E-state index contributed by atoms with van der Waals surface area (Å²) in [6.45, 7) is 9.32. The van der Waals surface area contributed by atoms with Crippen LogP contribution in [0.15, 0.2) is 18.2 Å². The molecule has 3 heteroatoms. The van der Waals surface area contributed by atoms with Crippen molar-refractivity contribution in [3.8, 4) is 5.75 Å². The third-order valence-corrected chi connectivity index (χ3v) is 2.71. The van der Waals surface area contributed by atoms with Gasteiger partial charge in [0.25, 0.3) is 0 Å². The molecule has 0 fully saturated rings. The largest absolute Gasteiger partial charge is 0.490 e. The third-order valence-electron chi connectivity index (χ3n) is 2.71. The van der Waals surface area contributed by atoms with Crippen molar-refractivity contribution < 1.29 is 15.6 Å². The summed E-state index contributed by atoms with van der Waals surface area (Å²) in [5.74, 6) is 0.857. The highest BCUT2D eigenvalue weighted by Gasteiger charge is 2.19. The van der Waals surface area contributed by atoms with Crippen molar-refractivity contribution >= 4 is 0 Å². The predicted octanol–water partition coefficient (Wildman–Crippen LogP) is 1.27. The first-order chi connectivity index (χ1) is 7.84. The molecule has 1 aromatic carbocycles. The number of aryl methyl sites for hydroxylation is 1. The number of benzene rings is 1. The topological polar surface area (TPSA) is 57.1 Å². The van der Waals surface area contributed by atoms with Crippen molar-refractivity contribution in [1.29, 1.82) is 0 Å². The van der Waals surface area contributed by atoms with Crippen LogP contribution >= 0.6 is 0 Å². The summed E-state index contributed by atoms with van der Waals surface area (Å²) in [6, 6.07) is 6.15. The molecule has 0 radical (unpaired) electrons. The Morgan fingerprint density at radius 3 is 2.53 bits per heavy atom. The molecular weight excluding hydrogens is 214 g/mol. The van der Waals surface area contributed by atoms with E-state index < -0.39 is 6.10 Å². The van der Waals surface area contributed by atoms with Crippen LogP contribution in [0.4, 0.5) is 0 Å². The lowest BCUT2D eigenvalue weighted by atomic mass is 9.85. The molecule has 0 saturated carbocycles. The second-order valence-corrected chi connectivity index (χ2v) is 5.50. The lowest BCUT2D eigenvalue weighted by Crippen LogP contribution is -2.56. The van der Waals surface area contributed by atoms with Crippen molar-refractivity contribution in [3.05, 3.63) is 29.3 Å². The van der Waals surface area contributed by atoms with Gasteiger partial charge in [0, 0.05) is 0 Å². The molecule has 1 aromatic rings. The average Bonchev–Trinajstić information content (AvgIpc) is 2.25. The quantitative estimate of drug-likeness (QED) is 0.830. The van der Waals surface area contributed by atoms with Gasteiger partial charge in [-0.25, -0.2) is 0 Å². The Kier molecular flexibility index (Phi) is 4.54. The monoisotopic (exact) mass is 238 g/mol. The molecule has 0 heterocycles. The molecule has 1 atom stereocenters. The van der Waals surface area contributed by atoms with E-state index in [4.69, 9.17) is 4.74 Å². The lowest BCUT2D eigenvalue weighted by molar-refractivity contribution is -0.384. The minimum Gasteiger partial charge on any atom is -0.490 e. The normalized spacial score (nSPS) is 13.5. The van der Waals surface area contributed by atoms with Crippen molar-refractivity contribution in [2.75, 3.05) is 13.2 Å². The highest BCUT2D eigenvalue weighted by Crippen LogP contribution is 2.32. The van der Waals surface area contributed by atoms with Crippen LogP contribution in [0.3, 0.4) is 0 Å². The Labute approximate surface area is 104 Å². The first kappa shape index (κ1) is 14.0. The fourth-order valence-corrected chi connectivity index (χ4v) is 1.63. The average molecular weight is 238 g/mol. The van der Waals surface area contributed by atoms with Gasteiger partial charge in [-0.3, -0.25) is 0 Å². The Hall–Kier alpha value is -1.06. The number of rotatable bonds is 4. The number of aliphatic hydroxyl groups is 1. The predicted molar refractivity (Wildman–Crippen MR) is 69.1 cm³/mol. The van der Waals surface area contributed by atoms with Crippen LogP contribution in [-0.2, 0) is 5.41 Å². The highest BCUT2D eigenvalue weighted by molar-refractivity contribution is 5.41. The van der Waals surface area contributed by atoms with Crippen LogP contribution in [0.5, 0.6) is 5.75 Å². The summed E-state index contributed by atoms with van der Waals surface area (Å²) in [6.07, 6.45) is -0.496. The smallest absolute Gasteiger partial charge is 0.136 e. The Morgan fingerprint density at radius 1 is 1.35 bits per heavy atom. The van der Waals surface area contributed by atoms with Crippen LogP contribution in [0.2, 0.25) is 0 Å². The molecule has 1 rings (SSSR count). The number of quaternary nitrogens is 1. The molecule has 96 valence electrons. The van der Waals surface area contributed by atoms with E-state index in [2.05, 4.69) is 39.5 Å². The molecule has 3 nitrogen and oxygen atoms in total. The van der Waals surface area contributed by atoms with E-state index >= 15 is 0 Å². The molecule has 0 aliphatic heterocycles. The SMILES string of the molecule is Cc1ccc(OC[C@H](O)C[NH3+])c(C(C)(C)C)c1. The van der Waals surface area contributed by atoms with Gasteiger partial charge >= 0.3 is 0 Å². The standard InChI is InChI=1S/C14H23NO2/c1-10-5-6-13(17-9-11(16)8-15)12(7-10)14(2,3)4/h5-7,11,16H,8-9,15H2,1-4H3/p+1/t11-/m1/s1. The summed E-state index contributed by atoms with van der Waals surface area (Å²) in [4.78, 5) is 0. The zero-order valence-corrected chi connectivity index (χ0v) is 11.3. The fraction of sp³-hybridized carbons (Fsp3) is 0.571. The summed E-state index contributed by atoms with van der Waals surface area (Å²) in [5, 5.41) is 9.48. The van der Waals surface area contributed by atoms with Crippen molar-refractivity contribution in [3.63, 3.8) is 0 Å². The molecule has 0 aromatic heterocycles. The first-order valence-electron chi connectivity index (χ1n) is 6.06. The van der Waals surface area contributed by atoms with E-state index in [1.807, 2.05) is 12.1 Å². The van der Waals surface area contributed by atoms with Crippen molar-refractivity contribution in [1.82, 2.24) is 0 Å². The van der Waals surface area contributed by atoms with Gasteiger partial charge in [0.1, 0.15) is 25.0 Å². The number of ether oxygens (including phenoxy) is 1. The van der Waals surface area contributed by atoms with Crippen LogP contribution in [0.25, 0.3) is 0 Å². The highest BCUT2D eigenvalue weighted by atomic mass is 16.5. The van der Waals surface area contributed by atoms with E-state index in [0.717, 1.165) is 5.75 Å². The van der Waals surface area contributed by atoms with Gasteiger partial charge in [-0.15, -0.1) is 0 Å². The molecule has 17 heavy (non-hydrogen) atoms. The second-order valence-electron chi connectivity index (χ2n) is 5.50. The zero-order valence-electron chi connectivity index (χ0n) is 11.3. The maximum Gasteiger partial charge on any atom is 0.136 e. The minimum atomic E-state index is -0.496. The third kappa shape index (κ3) is 4.02. The van der Waals surface area contributed by atoms with Gasteiger partial charge < -0.3 is 15.6 Å². The molecule has 0 aliphatic carbocycles. The summed E-state index contributed by atoms with van der Waals surface area (Å²) >= 11 is 0. The first-order valence-corrected chi connectivity index (χ1v) is 6.06. The summed E-state index contributed by atoms with van der Waals surface area (Å²) in [7, 11) is 0. The Bertz CT molecular complexity index is 369. The maximum atomic E-state index is 9.48. The van der Waals surface area contributed by atoms with Crippen molar-refractivity contribution in [2.24, 2.45) is 0 Å². The Balaban J connectivity index is 2.91. The maximum absolute atomic E-state index is 9.48. The van der Waals surface area contributed by atoms with Crippen LogP contribution in [-0.4, -0.2) is 24.4 Å². The van der Waals surface area contributed by atoms with E-state index in [1.54, 1.807) is 0 Å². The van der Waals surface area contributed by atoms with Gasteiger partial charge in [-0.2, -0.15) is 0 Å². The van der Waals surface area contributed by atoms with E-state index in [9.17, 15) is 5.11 Å². The van der Waals surface area contributed by atoms with Crippen molar-refractivity contribution in [2.45, 2.75) is 39.2 Å². The summed E-state index contributed by atoms with van der Waals surface area (Å²) in [5.41, 5.74) is 6.09. The molecule has 0 aliphatic rings. The molecule has 0 spiro atoms. The van der Waals surface area contributed by atoms with E-state index in [1.165, 1.54) is 11.1 Å². The molecule has 0 saturated heterocycles. The Morgan fingerprint density at radius 2 is 2.00 bits per heavy atom. The van der Waals surface area contributed by atoms with E-state index in [0.29, 0.717) is 13.2 Å².